The lowest BCUT2D eigenvalue weighted by Gasteiger charge is -2.52. The molecule has 43 heavy (non-hydrogen) atoms. The fourth-order valence-corrected chi connectivity index (χ4v) is 11.7. The number of hydrogen-bond donors (Lipinski definition) is 4. The molecule has 4 fully saturated rings. The number of rotatable bonds is 2. The second kappa shape index (κ2) is 9.49. The summed E-state index contributed by atoms with van der Waals surface area (Å²) in [6.07, 6.45) is 14.8. The highest BCUT2D eigenvalue weighted by molar-refractivity contribution is 5.52. The van der Waals surface area contributed by atoms with Gasteiger partial charge in [0.15, 0.2) is 0 Å². The molecule has 8 rings (SSSR count). The SMILES string of the molecule is C#C[C@@]1(O)CC[C@H]2[C@@H]3CCc4cc(Oc5cc(O)cc6c5[C@H]5CC[C@]7(C)[C@@H](O)[C@H](O)C[C@H]7[C@@H]5CC6)ccc4[C@H]3CCC21C. The van der Waals surface area contributed by atoms with Crippen LogP contribution in [-0.2, 0) is 12.8 Å². The predicted molar refractivity (Wildman–Crippen MR) is 165 cm³/mol. The number of aryl methyl sites for hydroxylation is 2. The molecule has 4 saturated carbocycles. The van der Waals surface area contributed by atoms with Crippen LogP contribution in [-0.4, -0.2) is 38.2 Å². The Labute approximate surface area is 255 Å². The largest absolute Gasteiger partial charge is 0.508 e. The molecular formula is C38H46O5. The number of aliphatic hydroxyl groups excluding tert-OH is 2. The standard InChI is InChI=1S/C38H46O5/c1-4-38(42)16-13-30-27-8-5-21-18-24(7-10-25(21)26(27)12-15-37(30,38)3)43-33-19-23(39)17-22-6-9-28-29(34(22)33)11-14-36(2)31(28)20-32(40)35(36)41/h1,7,10,17-19,26-32,35,39-42H,5-6,8-9,11-16,20H2,2-3H3/t26-,27-,28-,29+,30+,31+,32-,35+,36+,37?,38-/m1/s1. The monoisotopic (exact) mass is 582 g/mol. The summed E-state index contributed by atoms with van der Waals surface area (Å²) in [5.74, 6) is 7.11. The van der Waals surface area contributed by atoms with E-state index in [0.29, 0.717) is 42.4 Å². The van der Waals surface area contributed by atoms with Gasteiger partial charge in [0.25, 0.3) is 0 Å². The summed E-state index contributed by atoms with van der Waals surface area (Å²) < 4.78 is 6.70. The van der Waals surface area contributed by atoms with Crippen molar-refractivity contribution in [2.75, 3.05) is 0 Å². The molecule has 5 heteroatoms. The van der Waals surface area contributed by atoms with Crippen molar-refractivity contribution in [2.24, 2.45) is 34.5 Å². The van der Waals surface area contributed by atoms with E-state index in [1.807, 2.05) is 6.07 Å². The predicted octanol–water partition coefficient (Wildman–Crippen LogP) is 6.59. The number of phenols is 1. The van der Waals surface area contributed by atoms with Crippen molar-refractivity contribution < 1.29 is 25.2 Å². The third kappa shape index (κ3) is 3.82. The molecule has 0 spiro atoms. The summed E-state index contributed by atoms with van der Waals surface area (Å²) in [6, 6.07) is 10.3. The number of phenolic OH excluding ortho intramolecular Hbond substituents is 1. The molecule has 5 nitrogen and oxygen atoms in total. The minimum atomic E-state index is -0.978. The lowest BCUT2D eigenvalue weighted by Crippen LogP contribution is -2.50. The van der Waals surface area contributed by atoms with Crippen molar-refractivity contribution in [3.63, 3.8) is 0 Å². The number of benzene rings is 2. The Balaban J connectivity index is 1.08. The Bertz CT molecular complexity index is 1510. The van der Waals surface area contributed by atoms with Gasteiger partial charge in [0.1, 0.15) is 22.8 Å². The average molecular weight is 583 g/mol. The van der Waals surface area contributed by atoms with E-state index < -0.39 is 17.8 Å². The van der Waals surface area contributed by atoms with Crippen molar-refractivity contribution in [1.82, 2.24) is 0 Å². The normalized spacial score (nSPS) is 44.2. The highest BCUT2D eigenvalue weighted by Crippen LogP contribution is 2.65. The summed E-state index contributed by atoms with van der Waals surface area (Å²) >= 11 is 0. The number of aliphatic hydroxyl groups is 3. The molecule has 1 unspecified atom stereocenters. The molecule has 2 aromatic rings. The van der Waals surface area contributed by atoms with E-state index in [1.54, 1.807) is 6.07 Å². The van der Waals surface area contributed by atoms with Gasteiger partial charge < -0.3 is 25.2 Å². The summed E-state index contributed by atoms with van der Waals surface area (Å²) in [7, 11) is 0. The van der Waals surface area contributed by atoms with Crippen LogP contribution in [0, 0.1) is 46.8 Å². The minimum Gasteiger partial charge on any atom is -0.508 e. The van der Waals surface area contributed by atoms with E-state index in [4.69, 9.17) is 11.2 Å². The van der Waals surface area contributed by atoms with Gasteiger partial charge in [0.2, 0.25) is 0 Å². The van der Waals surface area contributed by atoms with E-state index in [1.165, 1.54) is 22.3 Å². The molecule has 2 aromatic carbocycles. The molecule has 0 aliphatic heterocycles. The fourth-order valence-electron chi connectivity index (χ4n) is 11.7. The van der Waals surface area contributed by atoms with Crippen molar-refractivity contribution in [2.45, 2.75) is 114 Å². The molecule has 11 atom stereocenters. The molecule has 228 valence electrons. The Morgan fingerprint density at radius 2 is 1.60 bits per heavy atom. The number of terminal acetylenes is 1. The molecule has 6 aliphatic rings. The Morgan fingerprint density at radius 3 is 2.40 bits per heavy atom. The fraction of sp³-hybridized carbons (Fsp3) is 0.632. The molecule has 0 amide bonds. The van der Waals surface area contributed by atoms with Crippen LogP contribution in [0.2, 0.25) is 0 Å². The summed E-state index contributed by atoms with van der Waals surface area (Å²) in [4.78, 5) is 0. The van der Waals surface area contributed by atoms with Crippen LogP contribution >= 0.6 is 0 Å². The molecular weight excluding hydrogens is 536 g/mol. The van der Waals surface area contributed by atoms with Gasteiger partial charge in [0, 0.05) is 17.0 Å². The van der Waals surface area contributed by atoms with Crippen LogP contribution in [0.4, 0.5) is 0 Å². The highest BCUT2D eigenvalue weighted by atomic mass is 16.5. The zero-order valence-corrected chi connectivity index (χ0v) is 25.6. The molecule has 6 aliphatic carbocycles. The maximum absolute atomic E-state index is 11.3. The quantitative estimate of drug-likeness (QED) is 0.300. The van der Waals surface area contributed by atoms with Crippen LogP contribution in [0.3, 0.4) is 0 Å². The Morgan fingerprint density at radius 1 is 0.860 bits per heavy atom. The molecule has 0 saturated heterocycles. The highest BCUT2D eigenvalue weighted by Gasteiger charge is 2.61. The van der Waals surface area contributed by atoms with Gasteiger partial charge >= 0.3 is 0 Å². The first kappa shape index (κ1) is 28.0. The van der Waals surface area contributed by atoms with Gasteiger partial charge in [-0.15, -0.1) is 6.42 Å². The lowest BCUT2D eigenvalue weighted by molar-refractivity contribution is -0.0646. The van der Waals surface area contributed by atoms with E-state index in [2.05, 4.69) is 38.0 Å². The first-order valence-corrected chi connectivity index (χ1v) is 16.8. The average Bonchev–Trinajstić information content (AvgIpc) is 3.40. The van der Waals surface area contributed by atoms with E-state index in [9.17, 15) is 20.4 Å². The summed E-state index contributed by atoms with van der Waals surface area (Å²) in [5.41, 5.74) is 3.79. The number of ether oxygens (including phenoxy) is 1. The molecule has 0 bridgehead atoms. The van der Waals surface area contributed by atoms with Crippen molar-refractivity contribution >= 4 is 0 Å². The van der Waals surface area contributed by atoms with Crippen molar-refractivity contribution in [3.05, 3.63) is 52.6 Å². The maximum Gasteiger partial charge on any atom is 0.134 e. The molecule has 4 N–H and O–H groups in total. The molecule has 0 aromatic heterocycles. The smallest absolute Gasteiger partial charge is 0.134 e. The first-order chi connectivity index (χ1) is 20.6. The van der Waals surface area contributed by atoms with Crippen LogP contribution < -0.4 is 4.74 Å². The Hall–Kier alpha value is -2.52. The van der Waals surface area contributed by atoms with E-state index in [-0.39, 0.29) is 22.5 Å². The third-order valence-corrected chi connectivity index (χ3v) is 14.1. The Kier molecular flexibility index (Phi) is 6.18. The minimum absolute atomic E-state index is 0.193. The second-order valence-electron chi connectivity index (χ2n) is 15.6. The van der Waals surface area contributed by atoms with Gasteiger partial charge in [0.05, 0.1) is 12.2 Å². The zero-order chi connectivity index (χ0) is 29.9. The van der Waals surface area contributed by atoms with Gasteiger partial charge in [-0.2, -0.15) is 0 Å². The number of hydrogen-bond acceptors (Lipinski definition) is 5. The lowest BCUT2D eigenvalue weighted by atomic mass is 9.53. The van der Waals surface area contributed by atoms with Gasteiger partial charge in [-0.05, 0) is 146 Å². The first-order valence-electron chi connectivity index (χ1n) is 16.8. The van der Waals surface area contributed by atoms with Crippen LogP contribution in [0.1, 0.15) is 106 Å². The number of fused-ring (bicyclic) bond motifs is 10. The topological polar surface area (TPSA) is 90.2 Å². The number of aromatic hydroxyl groups is 1. The van der Waals surface area contributed by atoms with Gasteiger partial charge in [-0.1, -0.05) is 25.8 Å². The second-order valence-corrected chi connectivity index (χ2v) is 15.6. The van der Waals surface area contributed by atoms with E-state index in [0.717, 1.165) is 69.3 Å². The van der Waals surface area contributed by atoms with Crippen molar-refractivity contribution in [1.29, 1.82) is 0 Å². The zero-order valence-electron chi connectivity index (χ0n) is 25.6. The van der Waals surface area contributed by atoms with Crippen LogP contribution in [0.5, 0.6) is 17.2 Å². The summed E-state index contributed by atoms with van der Waals surface area (Å²) in [6.45, 7) is 4.41. The van der Waals surface area contributed by atoms with Gasteiger partial charge in [-0.25, -0.2) is 0 Å². The third-order valence-electron chi connectivity index (χ3n) is 14.1. The van der Waals surface area contributed by atoms with Crippen molar-refractivity contribution in [3.8, 4) is 29.6 Å². The van der Waals surface area contributed by atoms with Crippen LogP contribution in [0.15, 0.2) is 30.3 Å². The van der Waals surface area contributed by atoms with Crippen LogP contribution in [0.25, 0.3) is 0 Å². The van der Waals surface area contributed by atoms with Gasteiger partial charge in [-0.3, -0.25) is 0 Å². The molecule has 0 heterocycles. The maximum atomic E-state index is 11.3. The molecule has 0 radical (unpaired) electrons. The van der Waals surface area contributed by atoms with E-state index >= 15 is 0 Å². The summed E-state index contributed by atoms with van der Waals surface area (Å²) in [5, 5.41) is 43.4.